The molecule has 0 aromatic heterocycles. The lowest BCUT2D eigenvalue weighted by Crippen LogP contribution is -2.38. The van der Waals surface area contributed by atoms with E-state index in [0.717, 1.165) is 12.1 Å². The van der Waals surface area contributed by atoms with Crippen molar-refractivity contribution in [1.29, 1.82) is 0 Å². The molecule has 0 saturated heterocycles. The van der Waals surface area contributed by atoms with Gasteiger partial charge in [-0.3, -0.25) is 4.79 Å². The highest BCUT2D eigenvalue weighted by Crippen LogP contribution is 2.17. The highest BCUT2D eigenvalue weighted by molar-refractivity contribution is 5.94. The Morgan fingerprint density at radius 1 is 1.29 bits per heavy atom. The van der Waals surface area contributed by atoms with Crippen molar-refractivity contribution in [3.05, 3.63) is 29.8 Å². The molecule has 0 fully saturated rings. The normalized spacial score (nSPS) is 10.6. The molecule has 1 aromatic rings. The zero-order valence-electron chi connectivity index (χ0n) is 10.9. The monoisotopic (exact) mass is 234 g/mol. The molecular weight excluding hydrogens is 212 g/mol. The molecule has 2 N–H and O–H groups in total. The van der Waals surface area contributed by atoms with Crippen LogP contribution in [0.2, 0.25) is 0 Å². The van der Waals surface area contributed by atoms with E-state index >= 15 is 0 Å². The van der Waals surface area contributed by atoms with Crippen LogP contribution in [0, 0.1) is 5.92 Å². The van der Waals surface area contributed by atoms with Gasteiger partial charge in [-0.05, 0) is 24.1 Å². The molecule has 17 heavy (non-hydrogen) atoms. The zero-order valence-corrected chi connectivity index (χ0v) is 10.9. The second-order valence-corrected chi connectivity index (χ2v) is 4.45. The maximum atomic E-state index is 12.1. The molecule has 0 bridgehead atoms. The van der Waals surface area contributed by atoms with Crippen molar-refractivity contribution in [2.45, 2.75) is 27.2 Å². The lowest BCUT2D eigenvalue weighted by atomic mass is 10.1. The highest BCUT2D eigenvalue weighted by atomic mass is 16.2. The summed E-state index contributed by atoms with van der Waals surface area (Å²) in [5, 5.41) is 0. The summed E-state index contributed by atoms with van der Waals surface area (Å²) in [5.41, 5.74) is 7.78. The first-order chi connectivity index (χ1) is 8.10. The number of rotatable bonds is 5. The summed E-state index contributed by atoms with van der Waals surface area (Å²) < 4.78 is 0. The summed E-state index contributed by atoms with van der Waals surface area (Å²) in [6.07, 6.45) is 1.01. The van der Waals surface area contributed by atoms with Crippen LogP contribution in [0.4, 0.5) is 5.69 Å². The molecule has 94 valence electrons. The maximum absolute atomic E-state index is 12.1. The summed E-state index contributed by atoms with van der Waals surface area (Å²) in [6, 6.07) is 8.11. The van der Waals surface area contributed by atoms with E-state index in [9.17, 15) is 4.79 Å². The van der Waals surface area contributed by atoms with Crippen LogP contribution in [-0.4, -0.2) is 19.0 Å². The number of carbonyl (C=O) groups excluding carboxylic acids is 1. The third-order valence-electron chi connectivity index (χ3n) is 2.77. The average Bonchev–Trinajstić information content (AvgIpc) is 2.35. The Labute approximate surface area is 104 Å². The molecule has 3 nitrogen and oxygen atoms in total. The fourth-order valence-electron chi connectivity index (χ4n) is 1.72. The van der Waals surface area contributed by atoms with E-state index in [1.807, 2.05) is 26.0 Å². The molecule has 0 saturated carbocycles. The largest absolute Gasteiger partial charge is 0.329 e. The number of nitrogens with two attached hydrogens (primary N) is 1. The Kier molecular flexibility index (Phi) is 5.16. The molecule has 0 aliphatic carbocycles. The lowest BCUT2D eigenvalue weighted by molar-refractivity contribution is -0.121. The number of nitrogens with zero attached hydrogens (tertiary/aromatic N) is 1. The first kappa shape index (κ1) is 13.7. The molecule has 1 aromatic carbocycles. The molecule has 1 amide bonds. The molecule has 0 spiro atoms. The van der Waals surface area contributed by atoms with Gasteiger partial charge in [0, 0.05) is 24.7 Å². The molecule has 3 heteroatoms. The smallest absolute Gasteiger partial charge is 0.229 e. The van der Waals surface area contributed by atoms with Gasteiger partial charge < -0.3 is 10.6 Å². The summed E-state index contributed by atoms with van der Waals surface area (Å²) in [5.74, 6) is 0.118. The van der Waals surface area contributed by atoms with Gasteiger partial charge in [0.15, 0.2) is 0 Å². The van der Waals surface area contributed by atoms with Crippen molar-refractivity contribution in [3.63, 3.8) is 0 Å². The summed E-state index contributed by atoms with van der Waals surface area (Å²) >= 11 is 0. The minimum Gasteiger partial charge on any atom is -0.329 e. The summed E-state index contributed by atoms with van der Waals surface area (Å²) in [4.78, 5) is 13.8. The first-order valence-electron chi connectivity index (χ1n) is 6.20. The Morgan fingerprint density at radius 2 is 1.88 bits per heavy atom. The van der Waals surface area contributed by atoms with Crippen LogP contribution in [0.5, 0.6) is 0 Å². The lowest BCUT2D eigenvalue weighted by Gasteiger charge is -2.24. The van der Waals surface area contributed by atoms with Gasteiger partial charge in [0.05, 0.1) is 0 Å². The van der Waals surface area contributed by atoms with Crippen LogP contribution in [0.25, 0.3) is 0 Å². The van der Waals surface area contributed by atoms with E-state index in [2.05, 4.69) is 19.1 Å². The Hall–Kier alpha value is -1.35. The van der Waals surface area contributed by atoms with Crippen molar-refractivity contribution in [1.82, 2.24) is 0 Å². The SMILES string of the molecule is CCc1ccc(N(CCN)C(=O)C(C)C)cc1. The fourth-order valence-corrected chi connectivity index (χ4v) is 1.72. The molecule has 0 unspecified atom stereocenters. The van der Waals surface area contributed by atoms with Crippen molar-refractivity contribution < 1.29 is 4.79 Å². The molecule has 0 heterocycles. The van der Waals surface area contributed by atoms with E-state index in [1.165, 1.54) is 5.56 Å². The Morgan fingerprint density at radius 3 is 2.29 bits per heavy atom. The second-order valence-electron chi connectivity index (χ2n) is 4.45. The predicted molar refractivity (Wildman–Crippen MR) is 72.1 cm³/mol. The van der Waals surface area contributed by atoms with Gasteiger partial charge in [0.25, 0.3) is 0 Å². The van der Waals surface area contributed by atoms with Crippen molar-refractivity contribution in [2.24, 2.45) is 11.7 Å². The predicted octanol–water partition coefficient (Wildman–Crippen LogP) is 2.20. The van der Waals surface area contributed by atoms with Crippen LogP contribution < -0.4 is 10.6 Å². The number of aryl methyl sites for hydroxylation is 1. The van der Waals surface area contributed by atoms with E-state index in [1.54, 1.807) is 4.90 Å². The van der Waals surface area contributed by atoms with Crippen LogP contribution in [0.3, 0.4) is 0 Å². The number of carbonyl (C=O) groups is 1. The highest BCUT2D eigenvalue weighted by Gasteiger charge is 2.17. The maximum Gasteiger partial charge on any atom is 0.229 e. The minimum atomic E-state index is -0.00704. The molecule has 0 atom stereocenters. The summed E-state index contributed by atoms with van der Waals surface area (Å²) in [6.45, 7) is 6.99. The molecule has 0 radical (unpaired) electrons. The first-order valence-corrected chi connectivity index (χ1v) is 6.20. The van der Waals surface area contributed by atoms with Crippen LogP contribution in [-0.2, 0) is 11.2 Å². The van der Waals surface area contributed by atoms with Gasteiger partial charge in [0.2, 0.25) is 5.91 Å². The van der Waals surface area contributed by atoms with Crippen LogP contribution >= 0.6 is 0 Å². The van der Waals surface area contributed by atoms with Gasteiger partial charge in [-0.15, -0.1) is 0 Å². The Balaban J connectivity index is 2.92. The Bertz CT molecular complexity index is 357. The van der Waals surface area contributed by atoms with E-state index < -0.39 is 0 Å². The molecule has 1 rings (SSSR count). The van der Waals surface area contributed by atoms with E-state index in [-0.39, 0.29) is 11.8 Å². The second kappa shape index (κ2) is 6.40. The third-order valence-corrected chi connectivity index (χ3v) is 2.77. The van der Waals surface area contributed by atoms with Gasteiger partial charge in [-0.1, -0.05) is 32.9 Å². The molecule has 0 aliphatic heterocycles. The van der Waals surface area contributed by atoms with E-state index in [4.69, 9.17) is 5.73 Å². The van der Waals surface area contributed by atoms with Gasteiger partial charge >= 0.3 is 0 Å². The van der Waals surface area contributed by atoms with Crippen molar-refractivity contribution >= 4 is 11.6 Å². The zero-order chi connectivity index (χ0) is 12.8. The number of hydrogen-bond donors (Lipinski definition) is 1. The van der Waals surface area contributed by atoms with Crippen molar-refractivity contribution in [3.8, 4) is 0 Å². The number of anilines is 1. The standard InChI is InChI=1S/C14H22N2O/c1-4-12-5-7-13(8-6-12)16(10-9-15)14(17)11(2)3/h5-8,11H,4,9-10,15H2,1-3H3. The fraction of sp³-hybridized carbons (Fsp3) is 0.500. The van der Waals surface area contributed by atoms with Gasteiger partial charge in [-0.2, -0.15) is 0 Å². The number of hydrogen-bond acceptors (Lipinski definition) is 2. The quantitative estimate of drug-likeness (QED) is 0.849. The topological polar surface area (TPSA) is 46.3 Å². The average molecular weight is 234 g/mol. The number of amides is 1. The van der Waals surface area contributed by atoms with Gasteiger partial charge in [0.1, 0.15) is 0 Å². The van der Waals surface area contributed by atoms with Crippen molar-refractivity contribution in [2.75, 3.05) is 18.0 Å². The molecule has 0 aliphatic rings. The van der Waals surface area contributed by atoms with E-state index in [0.29, 0.717) is 13.1 Å². The third kappa shape index (κ3) is 3.56. The summed E-state index contributed by atoms with van der Waals surface area (Å²) in [7, 11) is 0. The van der Waals surface area contributed by atoms with Crippen LogP contribution in [0.1, 0.15) is 26.3 Å². The molecular formula is C14H22N2O. The van der Waals surface area contributed by atoms with Crippen LogP contribution in [0.15, 0.2) is 24.3 Å². The number of benzene rings is 1. The van der Waals surface area contributed by atoms with Gasteiger partial charge in [-0.25, -0.2) is 0 Å². The minimum absolute atomic E-state index is 0.00704.